The van der Waals surface area contributed by atoms with Crippen molar-refractivity contribution in [2.45, 2.75) is 6.54 Å². The molecule has 1 heterocycles. The maximum Gasteiger partial charge on any atom is 0.272 e. The van der Waals surface area contributed by atoms with Crippen molar-refractivity contribution in [1.29, 1.82) is 0 Å². The predicted octanol–water partition coefficient (Wildman–Crippen LogP) is 3.30. The van der Waals surface area contributed by atoms with Gasteiger partial charge in [0.15, 0.2) is 11.5 Å². The summed E-state index contributed by atoms with van der Waals surface area (Å²) in [5.74, 6) is 0.348. The quantitative estimate of drug-likeness (QED) is 0.712. The van der Waals surface area contributed by atoms with E-state index in [0.717, 1.165) is 5.69 Å². The van der Waals surface area contributed by atoms with Gasteiger partial charge >= 0.3 is 0 Å². The van der Waals surface area contributed by atoms with E-state index in [9.17, 15) is 9.18 Å². The number of aromatic nitrogens is 2. The van der Waals surface area contributed by atoms with Crippen molar-refractivity contribution >= 4 is 17.4 Å². The zero-order valence-corrected chi connectivity index (χ0v) is 14.1. The van der Waals surface area contributed by atoms with Gasteiger partial charge in [-0.15, -0.1) is 10.2 Å². The lowest BCUT2D eigenvalue weighted by Crippen LogP contribution is -2.24. The summed E-state index contributed by atoms with van der Waals surface area (Å²) in [6.45, 7) is 0.0778. The Morgan fingerprint density at radius 2 is 1.81 bits per heavy atom. The molecule has 0 radical (unpaired) electrons. The summed E-state index contributed by atoms with van der Waals surface area (Å²) in [5.41, 5.74) is 1.29. The molecule has 0 saturated heterocycles. The fourth-order valence-electron chi connectivity index (χ4n) is 2.31. The van der Waals surface area contributed by atoms with Gasteiger partial charge in [-0.1, -0.05) is 30.3 Å². The molecule has 0 bridgehead atoms. The molecule has 3 rings (SSSR count). The maximum absolute atomic E-state index is 13.6. The molecule has 1 amide bonds. The Hall–Kier alpha value is -3.48. The Kier molecular flexibility index (Phi) is 5.38. The highest BCUT2D eigenvalue weighted by atomic mass is 19.1. The van der Waals surface area contributed by atoms with Gasteiger partial charge in [-0.05, 0) is 30.3 Å². The first-order chi connectivity index (χ1) is 12.7. The Bertz CT molecular complexity index is 900. The van der Waals surface area contributed by atoms with Crippen LogP contribution < -0.4 is 15.4 Å². The molecule has 0 atom stereocenters. The number of carbonyl (C=O) groups excluding carboxylic acids is 1. The Balaban J connectivity index is 1.63. The Labute approximate surface area is 150 Å². The van der Waals surface area contributed by atoms with Crippen molar-refractivity contribution in [3.63, 3.8) is 0 Å². The Morgan fingerprint density at radius 1 is 1.04 bits per heavy atom. The predicted molar refractivity (Wildman–Crippen MR) is 95.9 cm³/mol. The van der Waals surface area contributed by atoms with E-state index in [1.54, 1.807) is 37.4 Å². The van der Waals surface area contributed by atoms with E-state index in [-0.39, 0.29) is 18.1 Å². The van der Waals surface area contributed by atoms with Crippen molar-refractivity contribution < 1.29 is 13.9 Å². The molecule has 26 heavy (non-hydrogen) atoms. The molecule has 1 aromatic heterocycles. The monoisotopic (exact) mass is 352 g/mol. The number of amides is 1. The molecular formula is C19H17FN4O2. The third-order valence-electron chi connectivity index (χ3n) is 3.66. The topological polar surface area (TPSA) is 76.1 Å². The van der Waals surface area contributed by atoms with Crippen LogP contribution >= 0.6 is 0 Å². The number of hydrogen-bond donors (Lipinski definition) is 2. The normalized spacial score (nSPS) is 10.2. The summed E-state index contributed by atoms with van der Waals surface area (Å²) in [6, 6.07) is 16.8. The minimum Gasteiger partial charge on any atom is -0.495 e. The SMILES string of the molecule is COc1ccccc1Nc1ccc(C(=O)NCc2ccccc2F)nn1. The van der Waals surface area contributed by atoms with Gasteiger partial charge in [0.05, 0.1) is 12.8 Å². The molecule has 0 aliphatic heterocycles. The third-order valence-corrected chi connectivity index (χ3v) is 3.66. The molecule has 2 aromatic carbocycles. The number of benzene rings is 2. The van der Waals surface area contributed by atoms with Crippen LogP contribution in [0, 0.1) is 5.82 Å². The number of hydrogen-bond acceptors (Lipinski definition) is 5. The van der Waals surface area contributed by atoms with Gasteiger partial charge < -0.3 is 15.4 Å². The number of rotatable bonds is 6. The van der Waals surface area contributed by atoms with Gasteiger partial charge in [0.2, 0.25) is 0 Å². The summed E-state index contributed by atoms with van der Waals surface area (Å²) >= 11 is 0. The molecule has 0 unspecified atom stereocenters. The number of methoxy groups -OCH3 is 1. The molecule has 0 fully saturated rings. The zero-order valence-electron chi connectivity index (χ0n) is 14.1. The summed E-state index contributed by atoms with van der Waals surface area (Å²) in [4.78, 5) is 12.1. The largest absolute Gasteiger partial charge is 0.495 e. The van der Waals surface area contributed by atoms with Crippen LogP contribution in [0.5, 0.6) is 5.75 Å². The van der Waals surface area contributed by atoms with E-state index in [1.807, 2.05) is 24.3 Å². The molecule has 6 nitrogen and oxygen atoms in total. The molecule has 0 saturated carbocycles. The second kappa shape index (κ2) is 8.06. The maximum atomic E-state index is 13.6. The van der Waals surface area contributed by atoms with E-state index in [1.165, 1.54) is 6.07 Å². The minimum atomic E-state index is -0.426. The van der Waals surface area contributed by atoms with Crippen molar-refractivity contribution in [2.24, 2.45) is 0 Å². The van der Waals surface area contributed by atoms with Crippen LogP contribution in [0.1, 0.15) is 16.1 Å². The lowest BCUT2D eigenvalue weighted by molar-refractivity contribution is 0.0944. The fourth-order valence-corrected chi connectivity index (χ4v) is 2.31. The lowest BCUT2D eigenvalue weighted by Gasteiger charge is -2.10. The van der Waals surface area contributed by atoms with Crippen LogP contribution in [-0.2, 0) is 6.54 Å². The lowest BCUT2D eigenvalue weighted by atomic mass is 10.2. The zero-order chi connectivity index (χ0) is 18.4. The number of halogens is 1. The highest BCUT2D eigenvalue weighted by molar-refractivity contribution is 5.92. The molecule has 0 spiro atoms. The average molecular weight is 352 g/mol. The Morgan fingerprint density at radius 3 is 2.54 bits per heavy atom. The summed E-state index contributed by atoms with van der Waals surface area (Å²) < 4.78 is 18.8. The highest BCUT2D eigenvalue weighted by Gasteiger charge is 2.10. The van der Waals surface area contributed by atoms with E-state index in [0.29, 0.717) is 17.1 Å². The van der Waals surface area contributed by atoms with Gasteiger partial charge in [-0.25, -0.2) is 4.39 Å². The van der Waals surface area contributed by atoms with Crippen molar-refractivity contribution in [3.8, 4) is 5.75 Å². The van der Waals surface area contributed by atoms with E-state index < -0.39 is 5.91 Å². The van der Waals surface area contributed by atoms with E-state index in [2.05, 4.69) is 20.8 Å². The number of carbonyl (C=O) groups is 1. The number of para-hydroxylation sites is 2. The van der Waals surface area contributed by atoms with Gasteiger partial charge in [0.25, 0.3) is 5.91 Å². The molecule has 3 aromatic rings. The van der Waals surface area contributed by atoms with Gasteiger partial charge in [-0.3, -0.25) is 4.79 Å². The molecule has 2 N–H and O–H groups in total. The van der Waals surface area contributed by atoms with Crippen LogP contribution in [0.3, 0.4) is 0 Å². The van der Waals surface area contributed by atoms with Crippen LogP contribution in [0.4, 0.5) is 15.9 Å². The summed E-state index contributed by atoms with van der Waals surface area (Å²) in [7, 11) is 1.58. The average Bonchev–Trinajstić information content (AvgIpc) is 2.68. The van der Waals surface area contributed by atoms with Crippen molar-refractivity contribution in [1.82, 2.24) is 15.5 Å². The van der Waals surface area contributed by atoms with Crippen molar-refractivity contribution in [3.05, 3.63) is 77.7 Å². The first-order valence-corrected chi connectivity index (χ1v) is 7.93. The fraction of sp³-hybridized carbons (Fsp3) is 0.105. The molecule has 0 aliphatic rings. The van der Waals surface area contributed by atoms with Gasteiger partial charge in [0, 0.05) is 12.1 Å². The number of anilines is 2. The number of nitrogens with one attached hydrogen (secondary N) is 2. The highest BCUT2D eigenvalue weighted by Crippen LogP contribution is 2.25. The first kappa shape index (κ1) is 17.3. The van der Waals surface area contributed by atoms with E-state index >= 15 is 0 Å². The van der Waals surface area contributed by atoms with Gasteiger partial charge in [-0.2, -0.15) is 0 Å². The molecular weight excluding hydrogens is 335 g/mol. The summed E-state index contributed by atoms with van der Waals surface area (Å²) in [6.07, 6.45) is 0. The number of ether oxygens (including phenoxy) is 1. The van der Waals surface area contributed by atoms with Gasteiger partial charge in [0.1, 0.15) is 11.6 Å². The van der Waals surface area contributed by atoms with Crippen LogP contribution in [0.15, 0.2) is 60.7 Å². The smallest absolute Gasteiger partial charge is 0.272 e. The van der Waals surface area contributed by atoms with Crippen molar-refractivity contribution in [2.75, 3.05) is 12.4 Å². The van der Waals surface area contributed by atoms with Crippen LogP contribution in [0.2, 0.25) is 0 Å². The standard InChI is InChI=1S/C19H17FN4O2/c1-26-17-9-5-4-8-15(17)22-18-11-10-16(23-24-18)19(25)21-12-13-6-2-3-7-14(13)20/h2-11H,12H2,1H3,(H,21,25)(H,22,24). The third kappa shape index (κ3) is 4.13. The summed E-state index contributed by atoms with van der Waals surface area (Å²) in [5, 5.41) is 13.6. The first-order valence-electron chi connectivity index (χ1n) is 7.93. The minimum absolute atomic E-state index is 0.0778. The van der Waals surface area contributed by atoms with Crippen LogP contribution in [-0.4, -0.2) is 23.2 Å². The second-order valence-electron chi connectivity index (χ2n) is 5.40. The second-order valence-corrected chi connectivity index (χ2v) is 5.40. The van der Waals surface area contributed by atoms with Crippen LogP contribution in [0.25, 0.3) is 0 Å². The molecule has 132 valence electrons. The molecule has 7 heteroatoms. The number of nitrogens with zero attached hydrogens (tertiary/aromatic N) is 2. The van der Waals surface area contributed by atoms with E-state index in [4.69, 9.17) is 4.74 Å². The molecule has 0 aliphatic carbocycles.